The summed E-state index contributed by atoms with van der Waals surface area (Å²) in [5.41, 5.74) is -0.727. The number of rotatable bonds is 8. The standard InChI is InChI=1S/C18H31NO2/c1-17(2,3)15(20)11-8-9-13-18(4,5)16(21)12-10-14-19(6)7/h8,10-12H,9,13-14H2,1-7H3/b11-8+,12-10+. The molecule has 0 aliphatic carbocycles. The van der Waals surface area contributed by atoms with Crippen molar-refractivity contribution in [1.29, 1.82) is 0 Å². The van der Waals surface area contributed by atoms with E-state index in [1.165, 1.54) is 0 Å². The van der Waals surface area contributed by atoms with E-state index in [1.807, 2.05) is 65.8 Å². The first-order chi connectivity index (χ1) is 9.47. The average molecular weight is 293 g/mol. The monoisotopic (exact) mass is 293 g/mol. The first-order valence-electron chi connectivity index (χ1n) is 7.53. The molecule has 0 heterocycles. The van der Waals surface area contributed by atoms with Crippen LogP contribution in [-0.2, 0) is 9.59 Å². The zero-order chi connectivity index (χ0) is 16.7. The van der Waals surface area contributed by atoms with Gasteiger partial charge in [-0.15, -0.1) is 0 Å². The predicted octanol–water partition coefficient (Wildman–Crippen LogP) is 3.65. The molecule has 0 aromatic carbocycles. The van der Waals surface area contributed by atoms with Crippen molar-refractivity contribution in [2.24, 2.45) is 10.8 Å². The summed E-state index contributed by atoms with van der Waals surface area (Å²) in [5, 5.41) is 0. The number of ketones is 2. The molecule has 21 heavy (non-hydrogen) atoms. The molecule has 3 heteroatoms. The lowest BCUT2D eigenvalue weighted by atomic mass is 9.82. The van der Waals surface area contributed by atoms with Crippen LogP contribution in [0.2, 0.25) is 0 Å². The maximum Gasteiger partial charge on any atom is 0.161 e. The number of carbonyl (C=O) groups excluding carboxylic acids is 2. The van der Waals surface area contributed by atoms with Gasteiger partial charge in [-0.25, -0.2) is 0 Å². The fraction of sp³-hybridized carbons (Fsp3) is 0.667. The average Bonchev–Trinajstić information content (AvgIpc) is 2.32. The Labute approximate surface area is 130 Å². The Hall–Kier alpha value is -1.22. The summed E-state index contributed by atoms with van der Waals surface area (Å²) in [6.07, 6.45) is 8.57. The summed E-state index contributed by atoms with van der Waals surface area (Å²) in [5.74, 6) is 0.261. The van der Waals surface area contributed by atoms with Crippen LogP contribution in [0.5, 0.6) is 0 Å². The highest BCUT2D eigenvalue weighted by molar-refractivity contribution is 5.94. The molecule has 0 bridgehead atoms. The van der Waals surface area contributed by atoms with Gasteiger partial charge in [0.25, 0.3) is 0 Å². The number of likely N-dealkylation sites (N-methyl/N-ethyl adjacent to an activating group) is 1. The quantitative estimate of drug-likeness (QED) is 0.641. The van der Waals surface area contributed by atoms with Gasteiger partial charge in [0.05, 0.1) is 0 Å². The minimum atomic E-state index is -0.391. The zero-order valence-corrected chi connectivity index (χ0v) is 14.7. The Kier molecular flexibility index (Phi) is 7.80. The van der Waals surface area contributed by atoms with Crippen molar-refractivity contribution in [2.45, 2.75) is 47.5 Å². The molecule has 0 N–H and O–H groups in total. The summed E-state index contributed by atoms with van der Waals surface area (Å²) in [4.78, 5) is 25.9. The smallest absolute Gasteiger partial charge is 0.161 e. The lowest BCUT2D eigenvalue weighted by molar-refractivity contribution is -0.122. The lowest BCUT2D eigenvalue weighted by Gasteiger charge is -2.20. The van der Waals surface area contributed by atoms with E-state index in [4.69, 9.17) is 0 Å². The second-order valence-corrected chi connectivity index (χ2v) is 7.47. The van der Waals surface area contributed by atoms with Gasteiger partial charge in [-0.05, 0) is 39.1 Å². The van der Waals surface area contributed by atoms with Gasteiger partial charge in [0.1, 0.15) is 0 Å². The van der Waals surface area contributed by atoms with Crippen molar-refractivity contribution >= 4 is 11.6 Å². The number of hydrogen-bond acceptors (Lipinski definition) is 3. The van der Waals surface area contributed by atoms with Crippen molar-refractivity contribution in [3.8, 4) is 0 Å². The van der Waals surface area contributed by atoms with Crippen LogP contribution in [0.15, 0.2) is 24.3 Å². The summed E-state index contributed by atoms with van der Waals surface area (Å²) >= 11 is 0. The zero-order valence-electron chi connectivity index (χ0n) is 14.7. The highest BCUT2D eigenvalue weighted by Gasteiger charge is 2.24. The topological polar surface area (TPSA) is 37.4 Å². The first kappa shape index (κ1) is 19.8. The predicted molar refractivity (Wildman–Crippen MR) is 89.3 cm³/mol. The fourth-order valence-corrected chi connectivity index (χ4v) is 1.60. The summed E-state index contributed by atoms with van der Waals surface area (Å²) in [6.45, 7) is 10.4. The van der Waals surface area contributed by atoms with Gasteiger partial charge in [-0.1, -0.05) is 46.8 Å². The molecule has 120 valence electrons. The molecule has 0 saturated carbocycles. The molecule has 0 aromatic heterocycles. The molecular weight excluding hydrogens is 262 g/mol. The van der Waals surface area contributed by atoms with Gasteiger partial charge < -0.3 is 4.90 Å². The van der Waals surface area contributed by atoms with Gasteiger partial charge in [0.2, 0.25) is 0 Å². The van der Waals surface area contributed by atoms with E-state index < -0.39 is 5.41 Å². The first-order valence-corrected chi connectivity index (χ1v) is 7.53. The Balaban J connectivity index is 4.36. The Morgan fingerprint density at radius 3 is 1.90 bits per heavy atom. The van der Waals surface area contributed by atoms with E-state index in [-0.39, 0.29) is 17.0 Å². The van der Waals surface area contributed by atoms with Crippen LogP contribution in [-0.4, -0.2) is 37.1 Å². The maximum atomic E-state index is 12.1. The molecular formula is C18H31NO2. The molecule has 3 nitrogen and oxygen atoms in total. The highest BCUT2D eigenvalue weighted by Crippen LogP contribution is 2.25. The lowest BCUT2D eigenvalue weighted by Crippen LogP contribution is -2.22. The number of nitrogens with zero attached hydrogens (tertiary/aromatic N) is 1. The Morgan fingerprint density at radius 1 is 0.905 bits per heavy atom. The third-order valence-corrected chi connectivity index (χ3v) is 3.35. The molecule has 0 atom stereocenters. The molecule has 0 fully saturated rings. The molecule has 0 saturated heterocycles. The fourth-order valence-electron chi connectivity index (χ4n) is 1.60. The van der Waals surface area contributed by atoms with E-state index in [1.54, 1.807) is 12.2 Å². The van der Waals surface area contributed by atoms with Gasteiger partial charge in [-0.2, -0.15) is 0 Å². The normalized spacial score (nSPS) is 13.5. The molecule has 0 amide bonds. The van der Waals surface area contributed by atoms with Gasteiger partial charge in [-0.3, -0.25) is 9.59 Å². The maximum absolute atomic E-state index is 12.1. The number of hydrogen-bond donors (Lipinski definition) is 0. The van der Waals surface area contributed by atoms with Crippen LogP contribution in [0.25, 0.3) is 0 Å². The van der Waals surface area contributed by atoms with Gasteiger partial charge in [0.15, 0.2) is 11.6 Å². The largest absolute Gasteiger partial charge is 0.306 e. The Morgan fingerprint density at radius 2 is 1.43 bits per heavy atom. The third kappa shape index (κ3) is 8.61. The Bertz CT molecular complexity index is 409. The van der Waals surface area contributed by atoms with Crippen molar-refractivity contribution < 1.29 is 9.59 Å². The van der Waals surface area contributed by atoms with Crippen molar-refractivity contribution in [2.75, 3.05) is 20.6 Å². The SMILES string of the molecule is CN(C)C/C=C/C(=O)C(C)(C)CC/C=C/C(=O)C(C)(C)C. The van der Waals surface area contributed by atoms with Crippen LogP contribution in [0.1, 0.15) is 47.5 Å². The van der Waals surface area contributed by atoms with Gasteiger partial charge in [0, 0.05) is 17.4 Å². The van der Waals surface area contributed by atoms with E-state index in [2.05, 4.69) is 0 Å². The van der Waals surface area contributed by atoms with Crippen molar-refractivity contribution in [3.05, 3.63) is 24.3 Å². The highest BCUT2D eigenvalue weighted by atomic mass is 16.1. The third-order valence-electron chi connectivity index (χ3n) is 3.35. The summed E-state index contributed by atoms with van der Waals surface area (Å²) < 4.78 is 0. The molecule has 0 aliphatic heterocycles. The molecule has 0 unspecified atom stereocenters. The van der Waals surface area contributed by atoms with Crippen LogP contribution < -0.4 is 0 Å². The van der Waals surface area contributed by atoms with E-state index >= 15 is 0 Å². The molecule has 0 spiro atoms. The number of allylic oxidation sites excluding steroid dienone is 3. The summed E-state index contributed by atoms with van der Waals surface area (Å²) in [7, 11) is 3.94. The second-order valence-electron chi connectivity index (χ2n) is 7.47. The molecule has 0 radical (unpaired) electrons. The minimum Gasteiger partial charge on any atom is -0.306 e. The van der Waals surface area contributed by atoms with Crippen molar-refractivity contribution in [3.63, 3.8) is 0 Å². The molecule has 0 aliphatic rings. The van der Waals surface area contributed by atoms with Crippen LogP contribution in [0.4, 0.5) is 0 Å². The molecule has 0 aromatic rings. The summed E-state index contributed by atoms with van der Waals surface area (Å²) in [6, 6.07) is 0. The minimum absolute atomic E-state index is 0.123. The van der Waals surface area contributed by atoms with Crippen LogP contribution in [0.3, 0.4) is 0 Å². The second kappa shape index (κ2) is 8.28. The van der Waals surface area contributed by atoms with Crippen LogP contribution >= 0.6 is 0 Å². The van der Waals surface area contributed by atoms with E-state index in [9.17, 15) is 9.59 Å². The van der Waals surface area contributed by atoms with E-state index in [0.29, 0.717) is 0 Å². The van der Waals surface area contributed by atoms with E-state index in [0.717, 1.165) is 19.4 Å². The van der Waals surface area contributed by atoms with Crippen molar-refractivity contribution in [1.82, 2.24) is 4.90 Å². The number of carbonyl (C=O) groups is 2. The molecule has 0 rings (SSSR count). The van der Waals surface area contributed by atoms with Crippen LogP contribution in [0, 0.1) is 10.8 Å². The van der Waals surface area contributed by atoms with Gasteiger partial charge >= 0.3 is 0 Å².